The summed E-state index contributed by atoms with van der Waals surface area (Å²) in [6.45, 7) is 3.04. The largest absolute Gasteiger partial charge is 0.450 e. The summed E-state index contributed by atoms with van der Waals surface area (Å²) in [5.74, 6) is -0.387. The van der Waals surface area contributed by atoms with E-state index >= 15 is 0 Å². The Morgan fingerprint density at radius 3 is 2.75 bits per heavy atom. The van der Waals surface area contributed by atoms with E-state index in [0.29, 0.717) is 30.8 Å². The highest BCUT2D eigenvalue weighted by Gasteiger charge is 2.25. The number of benzene rings is 2. The van der Waals surface area contributed by atoms with Gasteiger partial charge in [-0.2, -0.15) is 0 Å². The SMILES string of the molecule is CCOC(=O)Nc1ccc(C(=O)N2CCc3[nH]c4ccc(F)cc4c3C2)cc1. The van der Waals surface area contributed by atoms with Crippen LogP contribution in [0.5, 0.6) is 0 Å². The van der Waals surface area contributed by atoms with Crippen LogP contribution in [0.3, 0.4) is 0 Å². The predicted molar refractivity (Wildman–Crippen MR) is 104 cm³/mol. The molecule has 0 saturated carbocycles. The number of halogens is 1. The van der Waals surface area contributed by atoms with Gasteiger partial charge in [-0.25, -0.2) is 9.18 Å². The number of aromatic nitrogens is 1. The zero-order chi connectivity index (χ0) is 19.7. The van der Waals surface area contributed by atoms with Crippen molar-refractivity contribution < 1.29 is 18.7 Å². The van der Waals surface area contributed by atoms with Gasteiger partial charge >= 0.3 is 6.09 Å². The molecule has 2 aromatic carbocycles. The van der Waals surface area contributed by atoms with Gasteiger partial charge in [0.1, 0.15) is 5.82 Å². The minimum Gasteiger partial charge on any atom is -0.450 e. The fraction of sp³-hybridized carbons (Fsp3) is 0.238. The summed E-state index contributed by atoms with van der Waals surface area (Å²) in [6, 6.07) is 11.3. The summed E-state index contributed by atoms with van der Waals surface area (Å²) < 4.78 is 18.5. The lowest BCUT2D eigenvalue weighted by Gasteiger charge is -2.27. The summed E-state index contributed by atoms with van der Waals surface area (Å²) in [6.07, 6.45) is 0.163. The van der Waals surface area contributed by atoms with Gasteiger partial charge < -0.3 is 14.6 Å². The van der Waals surface area contributed by atoms with E-state index in [-0.39, 0.29) is 18.3 Å². The number of anilines is 1. The Morgan fingerprint density at radius 1 is 1.21 bits per heavy atom. The molecule has 3 aromatic rings. The average molecular weight is 381 g/mol. The highest BCUT2D eigenvalue weighted by atomic mass is 19.1. The van der Waals surface area contributed by atoms with E-state index in [4.69, 9.17) is 4.74 Å². The standard InChI is InChI=1S/C21H20FN3O3/c1-2-28-21(27)23-15-6-3-13(4-7-15)20(26)25-10-9-19-17(12-25)16-11-14(22)5-8-18(16)24-19/h3-8,11,24H,2,9-10,12H2,1H3,(H,23,27). The number of H-pyrrole nitrogens is 1. The zero-order valence-corrected chi connectivity index (χ0v) is 15.4. The van der Waals surface area contributed by atoms with Crippen molar-refractivity contribution in [3.05, 3.63) is 65.1 Å². The second-order valence-corrected chi connectivity index (χ2v) is 6.67. The van der Waals surface area contributed by atoms with Gasteiger partial charge in [-0.3, -0.25) is 10.1 Å². The van der Waals surface area contributed by atoms with Crippen molar-refractivity contribution in [1.82, 2.24) is 9.88 Å². The van der Waals surface area contributed by atoms with Crippen LogP contribution < -0.4 is 5.32 Å². The Balaban J connectivity index is 1.51. The number of nitrogens with one attached hydrogen (secondary N) is 2. The van der Waals surface area contributed by atoms with Gasteiger partial charge in [0.05, 0.1) is 6.61 Å². The van der Waals surface area contributed by atoms with Crippen LogP contribution in [0.15, 0.2) is 42.5 Å². The van der Waals surface area contributed by atoms with Gasteiger partial charge in [-0.05, 0) is 49.4 Å². The molecular formula is C21H20FN3O3. The Kier molecular flexibility index (Phi) is 4.73. The van der Waals surface area contributed by atoms with Crippen LogP contribution in [0.25, 0.3) is 10.9 Å². The van der Waals surface area contributed by atoms with Crippen LogP contribution >= 0.6 is 0 Å². The molecule has 0 spiro atoms. The molecule has 0 atom stereocenters. The Morgan fingerprint density at radius 2 is 2.00 bits per heavy atom. The highest BCUT2D eigenvalue weighted by Crippen LogP contribution is 2.29. The van der Waals surface area contributed by atoms with E-state index in [1.165, 1.54) is 12.1 Å². The first kappa shape index (κ1) is 18.0. The van der Waals surface area contributed by atoms with E-state index in [1.807, 2.05) is 0 Å². The van der Waals surface area contributed by atoms with E-state index in [0.717, 1.165) is 22.2 Å². The Labute approximate surface area is 161 Å². The summed E-state index contributed by atoms with van der Waals surface area (Å²) in [5.41, 5.74) is 4.00. The Bertz CT molecular complexity index is 1040. The number of carbonyl (C=O) groups is 2. The lowest BCUT2D eigenvalue weighted by molar-refractivity contribution is 0.0735. The van der Waals surface area contributed by atoms with Crippen molar-refractivity contribution >= 4 is 28.6 Å². The van der Waals surface area contributed by atoms with E-state index in [2.05, 4.69) is 10.3 Å². The maximum Gasteiger partial charge on any atom is 0.411 e. The van der Waals surface area contributed by atoms with Crippen LogP contribution in [0, 0.1) is 5.82 Å². The van der Waals surface area contributed by atoms with E-state index in [1.54, 1.807) is 42.2 Å². The number of aromatic amines is 1. The first-order valence-corrected chi connectivity index (χ1v) is 9.17. The molecule has 2 heterocycles. The van der Waals surface area contributed by atoms with Gasteiger partial charge in [0, 0.05) is 52.9 Å². The number of amides is 2. The van der Waals surface area contributed by atoms with Crippen LogP contribution in [-0.4, -0.2) is 35.0 Å². The lowest BCUT2D eigenvalue weighted by atomic mass is 10.0. The predicted octanol–water partition coefficient (Wildman–Crippen LogP) is 4.07. The molecule has 0 saturated heterocycles. The third-order valence-electron chi connectivity index (χ3n) is 4.88. The first-order valence-electron chi connectivity index (χ1n) is 9.17. The third-order valence-corrected chi connectivity index (χ3v) is 4.88. The molecule has 6 nitrogen and oxygen atoms in total. The number of ether oxygens (including phenoxy) is 1. The normalized spacial score (nSPS) is 13.3. The molecule has 0 fully saturated rings. The summed E-state index contributed by atoms with van der Waals surface area (Å²) >= 11 is 0. The number of nitrogens with zero attached hydrogens (tertiary/aromatic N) is 1. The fourth-order valence-corrected chi connectivity index (χ4v) is 3.52. The molecule has 0 aliphatic carbocycles. The molecule has 1 aliphatic rings. The maximum atomic E-state index is 13.6. The minimum atomic E-state index is -0.531. The number of carbonyl (C=O) groups excluding carboxylic acids is 2. The average Bonchev–Trinajstić information content (AvgIpc) is 3.05. The van der Waals surface area contributed by atoms with Gasteiger partial charge in [0.15, 0.2) is 0 Å². The molecule has 0 bridgehead atoms. The van der Waals surface area contributed by atoms with Crippen molar-refractivity contribution in [3.8, 4) is 0 Å². The van der Waals surface area contributed by atoms with Crippen molar-refractivity contribution in [1.29, 1.82) is 0 Å². The van der Waals surface area contributed by atoms with Crippen LogP contribution in [0.2, 0.25) is 0 Å². The number of hydrogen-bond acceptors (Lipinski definition) is 3. The minimum absolute atomic E-state index is 0.0981. The van der Waals surface area contributed by atoms with Gasteiger partial charge in [-0.15, -0.1) is 0 Å². The van der Waals surface area contributed by atoms with Crippen LogP contribution in [-0.2, 0) is 17.7 Å². The summed E-state index contributed by atoms with van der Waals surface area (Å²) in [4.78, 5) is 29.4. The van der Waals surface area contributed by atoms with Gasteiger partial charge in [-0.1, -0.05) is 0 Å². The second-order valence-electron chi connectivity index (χ2n) is 6.67. The van der Waals surface area contributed by atoms with Gasteiger partial charge in [0.25, 0.3) is 5.91 Å². The Hall–Kier alpha value is -3.35. The molecule has 0 radical (unpaired) electrons. The second kappa shape index (κ2) is 7.34. The molecule has 28 heavy (non-hydrogen) atoms. The molecule has 0 unspecified atom stereocenters. The molecule has 2 N–H and O–H groups in total. The maximum absolute atomic E-state index is 13.6. The smallest absolute Gasteiger partial charge is 0.411 e. The molecule has 1 aliphatic heterocycles. The molecule has 2 amide bonds. The lowest BCUT2D eigenvalue weighted by Crippen LogP contribution is -2.35. The van der Waals surface area contributed by atoms with Crippen LogP contribution in [0.4, 0.5) is 14.9 Å². The number of fused-ring (bicyclic) bond motifs is 3. The molecule has 4 rings (SSSR count). The van der Waals surface area contributed by atoms with Crippen molar-refractivity contribution in [3.63, 3.8) is 0 Å². The van der Waals surface area contributed by atoms with Crippen molar-refractivity contribution in [2.45, 2.75) is 19.9 Å². The zero-order valence-electron chi connectivity index (χ0n) is 15.4. The number of hydrogen-bond donors (Lipinski definition) is 2. The topological polar surface area (TPSA) is 74.4 Å². The third kappa shape index (κ3) is 3.43. The first-order chi connectivity index (χ1) is 13.5. The highest BCUT2D eigenvalue weighted by molar-refractivity contribution is 5.96. The molecule has 144 valence electrons. The number of rotatable bonds is 3. The molecular weight excluding hydrogens is 361 g/mol. The fourth-order valence-electron chi connectivity index (χ4n) is 3.52. The van der Waals surface area contributed by atoms with Crippen LogP contribution in [0.1, 0.15) is 28.5 Å². The summed E-state index contributed by atoms with van der Waals surface area (Å²) in [5, 5.41) is 3.42. The van der Waals surface area contributed by atoms with Gasteiger partial charge in [0.2, 0.25) is 0 Å². The van der Waals surface area contributed by atoms with E-state index in [9.17, 15) is 14.0 Å². The monoisotopic (exact) mass is 381 g/mol. The molecule has 1 aromatic heterocycles. The van der Waals surface area contributed by atoms with E-state index < -0.39 is 6.09 Å². The quantitative estimate of drug-likeness (QED) is 0.718. The summed E-state index contributed by atoms with van der Waals surface area (Å²) in [7, 11) is 0. The van der Waals surface area contributed by atoms with Crippen molar-refractivity contribution in [2.24, 2.45) is 0 Å². The van der Waals surface area contributed by atoms with Crippen molar-refractivity contribution in [2.75, 3.05) is 18.5 Å². The molecule has 7 heteroatoms.